The molecule has 0 saturated carbocycles. The van der Waals surface area contributed by atoms with Gasteiger partial charge < -0.3 is 25.5 Å². The SMILES string of the molecule is CC(=O)N(C)[C@H]1CCN(c2ccc3nc(-c4c(N)c5ccccc5[nH]c4=O)[nH]c3c2)C1. The fourth-order valence-corrected chi connectivity index (χ4v) is 4.37. The number of carbonyl (C=O) groups excluding carboxylic acids is 1. The number of H-pyrrole nitrogens is 2. The van der Waals surface area contributed by atoms with Crippen LogP contribution in [-0.2, 0) is 4.79 Å². The monoisotopic (exact) mass is 416 g/mol. The molecule has 31 heavy (non-hydrogen) atoms. The van der Waals surface area contributed by atoms with Crippen LogP contribution in [0, 0.1) is 0 Å². The number of anilines is 2. The second-order valence-electron chi connectivity index (χ2n) is 8.09. The summed E-state index contributed by atoms with van der Waals surface area (Å²) < 4.78 is 0. The number of rotatable bonds is 3. The van der Waals surface area contributed by atoms with Crippen molar-refractivity contribution in [2.75, 3.05) is 30.8 Å². The topological polar surface area (TPSA) is 111 Å². The van der Waals surface area contributed by atoms with E-state index in [0.717, 1.165) is 41.6 Å². The summed E-state index contributed by atoms with van der Waals surface area (Å²) in [6.07, 6.45) is 0.936. The van der Waals surface area contributed by atoms with E-state index in [1.165, 1.54) is 0 Å². The van der Waals surface area contributed by atoms with Gasteiger partial charge in [-0.05, 0) is 30.7 Å². The molecule has 1 aliphatic heterocycles. The van der Waals surface area contributed by atoms with Crippen LogP contribution in [0.25, 0.3) is 33.3 Å². The molecule has 0 bridgehead atoms. The smallest absolute Gasteiger partial charge is 0.261 e. The van der Waals surface area contributed by atoms with E-state index in [1.54, 1.807) is 6.92 Å². The molecule has 1 amide bonds. The van der Waals surface area contributed by atoms with Crippen molar-refractivity contribution >= 4 is 39.2 Å². The third kappa shape index (κ3) is 3.20. The Morgan fingerprint density at radius 1 is 1.19 bits per heavy atom. The van der Waals surface area contributed by atoms with Crippen molar-refractivity contribution in [3.05, 3.63) is 52.8 Å². The zero-order valence-electron chi connectivity index (χ0n) is 17.5. The number of hydrogen-bond acceptors (Lipinski definition) is 5. The lowest BCUT2D eigenvalue weighted by Gasteiger charge is -2.24. The number of benzene rings is 2. The first-order chi connectivity index (χ1) is 14.9. The van der Waals surface area contributed by atoms with Crippen molar-refractivity contribution in [3.63, 3.8) is 0 Å². The maximum Gasteiger partial charge on any atom is 0.261 e. The van der Waals surface area contributed by atoms with Gasteiger partial charge in [0.25, 0.3) is 5.56 Å². The molecule has 2 aromatic carbocycles. The van der Waals surface area contributed by atoms with Crippen LogP contribution in [0.4, 0.5) is 11.4 Å². The van der Waals surface area contributed by atoms with Crippen LogP contribution in [0.5, 0.6) is 0 Å². The molecule has 0 radical (unpaired) electrons. The number of aromatic nitrogens is 3. The molecule has 2 aromatic heterocycles. The number of nitrogens with zero attached hydrogens (tertiary/aromatic N) is 3. The van der Waals surface area contributed by atoms with E-state index in [2.05, 4.69) is 19.9 Å². The van der Waals surface area contributed by atoms with Crippen molar-refractivity contribution in [2.24, 2.45) is 0 Å². The Kier molecular flexibility index (Phi) is 4.43. The van der Waals surface area contributed by atoms with Crippen LogP contribution in [0.3, 0.4) is 0 Å². The minimum atomic E-state index is -0.273. The average molecular weight is 416 g/mol. The number of para-hydroxylation sites is 1. The number of pyridine rings is 1. The summed E-state index contributed by atoms with van der Waals surface area (Å²) in [5.74, 6) is 0.533. The predicted octanol–water partition coefficient (Wildman–Crippen LogP) is 2.71. The van der Waals surface area contributed by atoms with Crippen LogP contribution in [0.1, 0.15) is 13.3 Å². The fourth-order valence-electron chi connectivity index (χ4n) is 4.37. The van der Waals surface area contributed by atoms with E-state index < -0.39 is 0 Å². The van der Waals surface area contributed by atoms with E-state index in [0.29, 0.717) is 22.6 Å². The molecule has 0 spiro atoms. The summed E-state index contributed by atoms with van der Waals surface area (Å²) in [4.78, 5) is 39.3. The van der Waals surface area contributed by atoms with Gasteiger partial charge in [0.2, 0.25) is 5.91 Å². The predicted molar refractivity (Wildman–Crippen MR) is 123 cm³/mol. The number of imidazole rings is 1. The number of nitrogens with two attached hydrogens (primary N) is 1. The van der Waals surface area contributed by atoms with E-state index in [-0.39, 0.29) is 17.5 Å². The average Bonchev–Trinajstić information content (AvgIpc) is 3.40. The molecule has 158 valence electrons. The number of nitrogen functional groups attached to an aromatic ring is 1. The van der Waals surface area contributed by atoms with Gasteiger partial charge in [0, 0.05) is 38.1 Å². The number of hydrogen-bond donors (Lipinski definition) is 3. The Morgan fingerprint density at radius 2 is 2.00 bits per heavy atom. The summed E-state index contributed by atoms with van der Waals surface area (Å²) in [7, 11) is 1.85. The third-order valence-corrected chi connectivity index (χ3v) is 6.24. The molecule has 5 rings (SSSR count). The zero-order chi connectivity index (χ0) is 21.7. The van der Waals surface area contributed by atoms with Crippen molar-refractivity contribution < 1.29 is 4.79 Å². The van der Waals surface area contributed by atoms with Gasteiger partial charge in [-0.2, -0.15) is 0 Å². The van der Waals surface area contributed by atoms with Crippen LogP contribution >= 0.6 is 0 Å². The van der Waals surface area contributed by atoms with E-state index in [1.807, 2.05) is 54.4 Å². The number of amides is 1. The van der Waals surface area contributed by atoms with Gasteiger partial charge in [0.05, 0.1) is 28.3 Å². The van der Waals surface area contributed by atoms with Crippen LogP contribution in [0.2, 0.25) is 0 Å². The second-order valence-corrected chi connectivity index (χ2v) is 8.09. The first-order valence-electron chi connectivity index (χ1n) is 10.3. The van der Waals surface area contributed by atoms with Gasteiger partial charge in [0.15, 0.2) is 0 Å². The summed E-state index contributed by atoms with van der Waals surface area (Å²) >= 11 is 0. The Bertz CT molecular complexity index is 1370. The molecule has 0 unspecified atom stereocenters. The highest BCUT2D eigenvalue weighted by molar-refractivity contribution is 5.97. The molecular formula is C23H24N6O2. The second kappa shape index (κ2) is 7.16. The highest BCUT2D eigenvalue weighted by Gasteiger charge is 2.27. The molecule has 8 heteroatoms. The van der Waals surface area contributed by atoms with Gasteiger partial charge in [-0.15, -0.1) is 0 Å². The minimum Gasteiger partial charge on any atom is -0.397 e. The lowest BCUT2D eigenvalue weighted by atomic mass is 10.1. The molecular weight excluding hydrogens is 392 g/mol. The lowest BCUT2D eigenvalue weighted by Crippen LogP contribution is -2.37. The molecule has 1 atom stereocenters. The molecule has 4 N–H and O–H groups in total. The molecule has 1 fully saturated rings. The standard InChI is InChI=1S/C23H24N6O2/c1-13(30)28(2)15-9-10-29(12-15)14-7-8-18-19(11-14)26-22(25-18)20-21(24)16-5-3-4-6-17(16)27-23(20)31/h3-8,11,15H,9-10,12H2,1-2H3,(H,25,26)(H3,24,27,31)/t15-/m0/s1. The third-order valence-electron chi connectivity index (χ3n) is 6.24. The molecule has 8 nitrogen and oxygen atoms in total. The maximum absolute atomic E-state index is 12.7. The van der Waals surface area contributed by atoms with Crippen molar-refractivity contribution in [2.45, 2.75) is 19.4 Å². The summed E-state index contributed by atoms with van der Waals surface area (Å²) in [6, 6.07) is 13.7. The van der Waals surface area contributed by atoms with Crippen molar-refractivity contribution in [1.82, 2.24) is 19.9 Å². The largest absolute Gasteiger partial charge is 0.397 e. The molecule has 3 heterocycles. The number of aromatic amines is 2. The molecule has 1 saturated heterocycles. The molecule has 0 aliphatic carbocycles. The number of carbonyl (C=O) groups is 1. The van der Waals surface area contributed by atoms with Crippen LogP contribution < -0.4 is 16.2 Å². The van der Waals surface area contributed by atoms with E-state index in [4.69, 9.17) is 5.73 Å². The fraction of sp³-hybridized carbons (Fsp3) is 0.261. The normalized spacial score (nSPS) is 16.3. The molecule has 1 aliphatic rings. The summed E-state index contributed by atoms with van der Waals surface area (Å²) in [6.45, 7) is 3.27. The van der Waals surface area contributed by atoms with E-state index >= 15 is 0 Å². The highest BCUT2D eigenvalue weighted by atomic mass is 16.2. The first-order valence-corrected chi connectivity index (χ1v) is 10.3. The Balaban J connectivity index is 1.51. The summed E-state index contributed by atoms with van der Waals surface area (Å²) in [5.41, 5.74) is 10.2. The molecule has 4 aromatic rings. The van der Waals surface area contributed by atoms with Gasteiger partial charge in [-0.3, -0.25) is 9.59 Å². The first kappa shape index (κ1) is 19.2. The number of fused-ring (bicyclic) bond motifs is 2. The van der Waals surface area contributed by atoms with Gasteiger partial charge in [-0.25, -0.2) is 4.98 Å². The van der Waals surface area contributed by atoms with Crippen molar-refractivity contribution in [3.8, 4) is 11.4 Å². The maximum atomic E-state index is 12.7. The summed E-state index contributed by atoms with van der Waals surface area (Å²) in [5, 5.41) is 0.788. The van der Waals surface area contributed by atoms with Crippen LogP contribution in [0.15, 0.2) is 47.3 Å². The van der Waals surface area contributed by atoms with Gasteiger partial charge in [0.1, 0.15) is 11.4 Å². The lowest BCUT2D eigenvalue weighted by molar-refractivity contribution is -0.129. The van der Waals surface area contributed by atoms with Gasteiger partial charge >= 0.3 is 0 Å². The zero-order valence-corrected chi connectivity index (χ0v) is 17.5. The van der Waals surface area contributed by atoms with Gasteiger partial charge in [-0.1, -0.05) is 18.2 Å². The number of nitrogens with one attached hydrogen (secondary N) is 2. The van der Waals surface area contributed by atoms with Crippen molar-refractivity contribution in [1.29, 1.82) is 0 Å². The Hall–Kier alpha value is -3.81. The number of likely N-dealkylation sites (N-methyl/N-ethyl adjacent to an activating group) is 1. The quantitative estimate of drug-likeness (QED) is 0.476. The van der Waals surface area contributed by atoms with E-state index in [9.17, 15) is 9.59 Å². The Morgan fingerprint density at radius 3 is 2.81 bits per heavy atom. The van der Waals surface area contributed by atoms with Crippen LogP contribution in [-0.4, -0.2) is 51.9 Å². The Labute approximate surface area is 178 Å². The minimum absolute atomic E-state index is 0.0821. The highest BCUT2D eigenvalue weighted by Crippen LogP contribution is 2.30.